The van der Waals surface area contributed by atoms with Crippen molar-refractivity contribution in [1.29, 1.82) is 0 Å². The molecule has 34 heavy (non-hydrogen) atoms. The van der Waals surface area contributed by atoms with E-state index >= 15 is 0 Å². The average Bonchev–Trinajstić information content (AvgIpc) is 2.87. The van der Waals surface area contributed by atoms with Crippen molar-refractivity contribution in [3.05, 3.63) is 36.0 Å². The normalized spacial score (nSPS) is 18.7. The number of carbonyl (C=O) groups excluding carboxylic acids is 2. The number of pyridine rings is 1. The van der Waals surface area contributed by atoms with Gasteiger partial charge in [-0.1, -0.05) is 0 Å². The van der Waals surface area contributed by atoms with Gasteiger partial charge >= 0.3 is 0 Å². The molecule has 2 amide bonds. The smallest absolute Gasteiger partial charge is 0.263 e. The summed E-state index contributed by atoms with van der Waals surface area (Å²) in [5.41, 5.74) is 1.83. The Labute approximate surface area is 203 Å². The van der Waals surface area contributed by atoms with E-state index < -0.39 is 0 Å². The number of hydrogen-bond acceptors (Lipinski definition) is 8. The van der Waals surface area contributed by atoms with Crippen LogP contribution in [0.25, 0.3) is 0 Å². The zero-order chi connectivity index (χ0) is 23.5. The number of methoxy groups -OCH3 is 1. The molecule has 1 aromatic heterocycles. The molecule has 3 aliphatic rings. The Morgan fingerprint density at radius 2 is 2.06 bits per heavy atom. The Hall–Kier alpha value is -2.82. The summed E-state index contributed by atoms with van der Waals surface area (Å²) in [5.74, 6) is 2.34. The van der Waals surface area contributed by atoms with Gasteiger partial charge in [-0.05, 0) is 50.2 Å². The maximum Gasteiger partial charge on any atom is 0.263 e. The van der Waals surface area contributed by atoms with Crippen LogP contribution in [0.4, 0.5) is 11.5 Å². The monoisotopic (exact) mass is 483 g/mol. The number of fused-ring (bicyclic) bond motifs is 2. The van der Waals surface area contributed by atoms with Crippen LogP contribution in [0.2, 0.25) is 0 Å². The molecule has 10 heteroatoms. The number of aromatic nitrogens is 1. The van der Waals surface area contributed by atoms with Crippen molar-refractivity contribution in [1.82, 2.24) is 15.2 Å². The molecule has 0 radical (unpaired) electrons. The molecule has 2 N–H and O–H groups in total. The fourth-order valence-corrected chi connectivity index (χ4v) is 5.42. The summed E-state index contributed by atoms with van der Waals surface area (Å²) in [6.45, 7) is 4.20. The largest absolute Gasteiger partial charge is 0.497 e. The number of amides is 2. The molecule has 0 unspecified atom stereocenters. The van der Waals surface area contributed by atoms with E-state index in [1.54, 1.807) is 18.9 Å². The van der Waals surface area contributed by atoms with Gasteiger partial charge < -0.3 is 29.9 Å². The van der Waals surface area contributed by atoms with E-state index in [4.69, 9.17) is 9.47 Å². The second-order valence-corrected chi connectivity index (χ2v) is 9.67. The highest BCUT2D eigenvalue weighted by atomic mass is 32.2. The lowest BCUT2D eigenvalue weighted by atomic mass is 10.0. The first-order valence-corrected chi connectivity index (χ1v) is 12.6. The summed E-state index contributed by atoms with van der Waals surface area (Å²) >= 11 is 1.59. The number of nitrogens with one attached hydrogen (secondary N) is 2. The van der Waals surface area contributed by atoms with Crippen LogP contribution < -0.4 is 25.0 Å². The predicted molar refractivity (Wildman–Crippen MR) is 131 cm³/mol. The SMILES string of the molecule is COc1ccc2c(c1)N(CCN1CCC(NCc3ccc4c(n3)NC(=O)CO4)CC1)C(=O)CS2. The first kappa shape index (κ1) is 22.9. The first-order valence-electron chi connectivity index (χ1n) is 11.6. The van der Waals surface area contributed by atoms with E-state index in [9.17, 15) is 9.59 Å². The van der Waals surface area contributed by atoms with Gasteiger partial charge in [0, 0.05) is 36.6 Å². The topological polar surface area (TPSA) is 96.0 Å². The quantitative estimate of drug-likeness (QED) is 0.618. The lowest BCUT2D eigenvalue weighted by Gasteiger charge is -2.35. The molecule has 1 saturated heterocycles. The Balaban J connectivity index is 1.10. The van der Waals surface area contributed by atoms with Crippen LogP contribution >= 0.6 is 11.8 Å². The Kier molecular flexibility index (Phi) is 6.89. The predicted octanol–water partition coefficient (Wildman–Crippen LogP) is 2.11. The molecule has 5 rings (SSSR count). The van der Waals surface area contributed by atoms with Crippen molar-refractivity contribution < 1.29 is 19.1 Å². The van der Waals surface area contributed by atoms with Gasteiger partial charge in [0.1, 0.15) is 5.75 Å². The standard InChI is InChI=1S/C24H29N5O4S/c1-32-18-3-5-21-19(12-18)29(23(31)15-34-21)11-10-28-8-6-16(7-9-28)25-13-17-2-4-20-24(26-17)27-22(30)14-33-20/h2-5,12,16,25H,6-11,13-15H2,1H3,(H,26,27,30). The van der Waals surface area contributed by atoms with Crippen molar-refractivity contribution in [3.8, 4) is 11.5 Å². The minimum Gasteiger partial charge on any atom is -0.497 e. The van der Waals surface area contributed by atoms with E-state index in [2.05, 4.69) is 20.5 Å². The van der Waals surface area contributed by atoms with Crippen LogP contribution in [0.3, 0.4) is 0 Å². The molecule has 1 fully saturated rings. The molecule has 2 aromatic rings. The minimum absolute atomic E-state index is 0.0381. The Bertz CT molecular complexity index is 1070. The van der Waals surface area contributed by atoms with Gasteiger partial charge in [0.25, 0.3) is 5.91 Å². The zero-order valence-corrected chi connectivity index (χ0v) is 20.0. The number of likely N-dealkylation sites (tertiary alicyclic amines) is 1. The summed E-state index contributed by atoms with van der Waals surface area (Å²) in [4.78, 5) is 34.1. The maximum absolute atomic E-state index is 12.6. The van der Waals surface area contributed by atoms with E-state index in [0.717, 1.165) is 54.5 Å². The first-order chi connectivity index (χ1) is 16.6. The van der Waals surface area contributed by atoms with Gasteiger partial charge in [-0.2, -0.15) is 0 Å². The van der Waals surface area contributed by atoms with E-state index in [-0.39, 0.29) is 18.4 Å². The van der Waals surface area contributed by atoms with Crippen LogP contribution in [-0.2, 0) is 16.1 Å². The van der Waals surface area contributed by atoms with E-state index in [0.29, 0.717) is 36.5 Å². The van der Waals surface area contributed by atoms with Crippen molar-refractivity contribution in [2.45, 2.75) is 30.3 Å². The number of rotatable bonds is 7. The molecule has 4 heterocycles. The lowest BCUT2D eigenvalue weighted by molar-refractivity contribution is -0.118. The third-order valence-electron chi connectivity index (χ3n) is 6.44. The fraction of sp³-hybridized carbons (Fsp3) is 0.458. The number of nitrogens with zero attached hydrogens (tertiary/aromatic N) is 3. The van der Waals surface area contributed by atoms with Crippen molar-refractivity contribution in [2.75, 3.05) is 55.9 Å². The van der Waals surface area contributed by atoms with Gasteiger partial charge in [-0.3, -0.25) is 9.59 Å². The fourth-order valence-electron chi connectivity index (χ4n) is 4.51. The summed E-state index contributed by atoms with van der Waals surface area (Å²) in [7, 11) is 1.65. The van der Waals surface area contributed by atoms with E-state index in [1.165, 1.54) is 0 Å². The number of ether oxygens (including phenoxy) is 2. The number of anilines is 2. The number of hydrogen-bond donors (Lipinski definition) is 2. The van der Waals surface area contributed by atoms with E-state index in [1.807, 2.05) is 35.2 Å². The second kappa shape index (κ2) is 10.2. The molecular formula is C24H29N5O4S. The van der Waals surface area contributed by atoms with Crippen molar-refractivity contribution in [3.63, 3.8) is 0 Å². The summed E-state index contributed by atoms with van der Waals surface area (Å²) in [5, 5.41) is 6.35. The summed E-state index contributed by atoms with van der Waals surface area (Å²) in [6, 6.07) is 10.1. The average molecular weight is 484 g/mol. The summed E-state index contributed by atoms with van der Waals surface area (Å²) < 4.78 is 10.7. The Morgan fingerprint density at radius 3 is 2.88 bits per heavy atom. The lowest BCUT2D eigenvalue weighted by Crippen LogP contribution is -2.46. The van der Waals surface area contributed by atoms with Crippen molar-refractivity contribution in [2.24, 2.45) is 0 Å². The highest BCUT2D eigenvalue weighted by Crippen LogP contribution is 2.37. The van der Waals surface area contributed by atoms with Gasteiger partial charge in [-0.15, -0.1) is 11.8 Å². The highest BCUT2D eigenvalue weighted by molar-refractivity contribution is 8.00. The van der Waals surface area contributed by atoms with Gasteiger partial charge in [0.05, 0.1) is 24.2 Å². The highest BCUT2D eigenvalue weighted by Gasteiger charge is 2.27. The molecule has 1 aromatic carbocycles. The number of thioether (sulfide) groups is 1. The van der Waals surface area contributed by atoms with Crippen LogP contribution in [0.15, 0.2) is 35.2 Å². The summed E-state index contributed by atoms with van der Waals surface area (Å²) in [6.07, 6.45) is 2.08. The van der Waals surface area contributed by atoms with Crippen LogP contribution in [0, 0.1) is 0 Å². The van der Waals surface area contributed by atoms with Crippen LogP contribution in [0.1, 0.15) is 18.5 Å². The minimum atomic E-state index is -0.176. The number of carbonyl (C=O) groups is 2. The molecule has 0 aliphatic carbocycles. The maximum atomic E-state index is 12.6. The molecule has 0 bridgehead atoms. The van der Waals surface area contributed by atoms with Gasteiger partial charge in [-0.25, -0.2) is 4.98 Å². The molecular weight excluding hydrogens is 454 g/mol. The molecule has 9 nitrogen and oxygen atoms in total. The van der Waals surface area contributed by atoms with Crippen molar-refractivity contribution >= 4 is 35.1 Å². The molecule has 3 aliphatic heterocycles. The van der Waals surface area contributed by atoms with Crippen LogP contribution in [0.5, 0.6) is 11.5 Å². The molecule has 0 saturated carbocycles. The Morgan fingerprint density at radius 1 is 1.21 bits per heavy atom. The number of benzene rings is 1. The molecule has 0 spiro atoms. The third-order valence-corrected chi connectivity index (χ3v) is 7.49. The number of piperidine rings is 1. The van der Waals surface area contributed by atoms with Crippen LogP contribution in [-0.4, -0.2) is 73.4 Å². The third kappa shape index (κ3) is 5.13. The van der Waals surface area contributed by atoms with Gasteiger partial charge in [0.2, 0.25) is 5.91 Å². The zero-order valence-electron chi connectivity index (χ0n) is 19.2. The van der Waals surface area contributed by atoms with Gasteiger partial charge in [0.15, 0.2) is 18.2 Å². The molecule has 180 valence electrons. The molecule has 0 atom stereocenters. The second-order valence-electron chi connectivity index (χ2n) is 8.65.